The van der Waals surface area contributed by atoms with Crippen molar-refractivity contribution in [2.45, 2.75) is 19.5 Å². The highest BCUT2D eigenvalue weighted by Gasteiger charge is 2.28. The number of carbonyl (C=O) groups is 1. The highest BCUT2D eigenvalue weighted by Crippen LogP contribution is 2.13. The number of rotatable bonds is 3. The van der Waals surface area contributed by atoms with Gasteiger partial charge in [0, 0.05) is 44.5 Å². The van der Waals surface area contributed by atoms with Crippen LogP contribution in [-0.4, -0.2) is 51.4 Å². The van der Waals surface area contributed by atoms with E-state index < -0.39 is 12.0 Å². The highest BCUT2D eigenvalue weighted by molar-refractivity contribution is 5.74. The molecule has 6 nitrogen and oxygen atoms in total. The number of carboxylic acid groups (broad SMARTS) is 1. The summed E-state index contributed by atoms with van der Waals surface area (Å²) in [6.07, 6.45) is 1.82. The molecule has 94 valence electrons. The van der Waals surface area contributed by atoms with Gasteiger partial charge in [-0.15, -0.1) is 0 Å². The van der Waals surface area contributed by atoms with Gasteiger partial charge in [-0.25, -0.2) is 0 Å². The molecule has 1 unspecified atom stereocenters. The first-order chi connectivity index (χ1) is 8.09. The molecule has 0 radical (unpaired) electrons. The summed E-state index contributed by atoms with van der Waals surface area (Å²) < 4.78 is 1.81. The van der Waals surface area contributed by atoms with Crippen molar-refractivity contribution in [3.63, 3.8) is 0 Å². The van der Waals surface area contributed by atoms with Crippen LogP contribution in [-0.2, 0) is 18.4 Å². The van der Waals surface area contributed by atoms with E-state index in [4.69, 9.17) is 5.11 Å². The second-order valence-corrected chi connectivity index (χ2v) is 4.41. The number of nitrogens with one attached hydrogen (secondary N) is 1. The van der Waals surface area contributed by atoms with Crippen LogP contribution in [0.25, 0.3) is 0 Å². The van der Waals surface area contributed by atoms with Gasteiger partial charge in [0.05, 0.1) is 6.20 Å². The number of carboxylic acids is 1. The molecular formula is C11H18N4O2. The van der Waals surface area contributed by atoms with Crippen LogP contribution in [0, 0.1) is 6.92 Å². The van der Waals surface area contributed by atoms with E-state index in [1.54, 1.807) is 0 Å². The lowest BCUT2D eigenvalue weighted by atomic mass is 10.1. The summed E-state index contributed by atoms with van der Waals surface area (Å²) in [6.45, 7) is 4.75. The Labute approximate surface area is 100 Å². The van der Waals surface area contributed by atoms with E-state index in [1.807, 2.05) is 29.7 Å². The van der Waals surface area contributed by atoms with E-state index in [1.165, 1.54) is 0 Å². The predicted octanol–water partition coefficient (Wildman–Crippen LogP) is -0.413. The van der Waals surface area contributed by atoms with E-state index in [-0.39, 0.29) is 0 Å². The van der Waals surface area contributed by atoms with Crippen molar-refractivity contribution < 1.29 is 9.90 Å². The standard InChI is InChI=1S/C11H18N4O2/c1-8-9(5-13-14(8)2)7-15-4-3-12-6-10(15)11(16)17/h5,10,12H,3-4,6-7H2,1-2H3,(H,16,17). The Morgan fingerprint density at radius 3 is 3.06 bits per heavy atom. The molecule has 0 amide bonds. The third-order valence-corrected chi connectivity index (χ3v) is 3.35. The van der Waals surface area contributed by atoms with E-state index in [9.17, 15) is 4.79 Å². The Balaban J connectivity index is 2.10. The third kappa shape index (κ3) is 2.48. The maximum Gasteiger partial charge on any atom is 0.322 e. The molecule has 0 aromatic carbocycles. The van der Waals surface area contributed by atoms with Crippen LogP contribution in [0.5, 0.6) is 0 Å². The first kappa shape index (κ1) is 12.1. The molecule has 1 fully saturated rings. The zero-order valence-corrected chi connectivity index (χ0v) is 10.2. The van der Waals surface area contributed by atoms with Crippen molar-refractivity contribution >= 4 is 5.97 Å². The molecule has 17 heavy (non-hydrogen) atoms. The minimum absolute atomic E-state index is 0.441. The Kier molecular flexibility index (Phi) is 3.44. The van der Waals surface area contributed by atoms with Crippen molar-refractivity contribution in [3.05, 3.63) is 17.5 Å². The lowest BCUT2D eigenvalue weighted by Gasteiger charge is -2.33. The number of aromatic nitrogens is 2. The topological polar surface area (TPSA) is 70.4 Å². The molecular weight excluding hydrogens is 220 g/mol. The van der Waals surface area contributed by atoms with Gasteiger partial charge in [-0.1, -0.05) is 0 Å². The maximum atomic E-state index is 11.1. The molecule has 2 heterocycles. The lowest BCUT2D eigenvalue weighted by molar-refractivity contribution is -0.144. The van der Waals surface area contributed by atoms with Crippen molar-refractivity contribution in [2.24, 2.45) is 7.05 Å². The number of aliphatic carboxylic acids is 1. The van der Waals surface area contributed by atoms with Crippen LogP contribution in [0.4, 0.5) is 0 Å². The smallest absolute Gasteiger partial charge is 0.322 e. The van der Waals surface area contributed by atoms with Crippen LogP contribution in [0.1, 0.15) is 11.3 Å². The normalized spacial score (nSPS) is 21.6. The average molecular weight is 238 g/mol. The van der Waals surface area contributed by atoms with Gasteiger partial charge >= 0.3 is 5.97 Å². The Morgan fingerprint density at radius 2 is 2.47 bits per heavy atom. The van der Waals surface area contributed by atoms with Gasteiger partial charge in [0.1, 0.15) is 6.04 Å². The monoisotopic (exact) mass is 238 g/mol. The zero-order valence-electron chi connectivity index (χ0n) is 10.2. The second-order valence-electron chi connectivity index (χ2n) is 4.41. The quantitative estimate of drug-likeness (QED) is 0.749. The molecule has 1 atom stereocenters. The lowest BCUT2D eigenvalue weighted by Crippen LogP contribution is -2.54. The van der Waals surface area contributed by atoms with Crippen LogP contribution in [0.3, 0.4) is 0 Å². The van der Waals surface area contributed by atoms with Gasteiger partial charge in [0.15, 0.2) is 0 Å². The summed E-state index contributed by atoms with van der Waals surface area (Å²) in [4.78, 5) is 13.1. The molecule has 2 N–H and O–H groups in total. The van der Waals surface area contributed by atoms with Crippen LogP contribution < -0.4 is 5.32 Å². The van der Waals surface area contributed by atoms with Crippen molar-refractivity contribution in [3.8, 4) is 0 Å². The Hall–Kier alpha value is -1.40. The molecule has 0 saturated carbocycles. The Morgan fingerprint density at radius 1 is 1.71 bits per heavy atom. The minimum atomic E-state index is -0.765. The molecule has 1 aromatic rings. The van der Waals surface area contributed by atoms with Gasteiger partial charge in [-0.05, 0) is 6.92 Å². The van der Waals surface area contributed by atoms with Crippen LogP contribution in [0.15, 0.2) is 6.20 Å². The van der Waals surface area contributed by atoms with Gasteiger partial charge in [0.2, 0.25) is 0 Å². The summed E-state index contributed by atoms with van der Waals surface area (Å²) in [5.74, 6) is -0.765. The van der Waals surface area contributed by atoms with Crippen molar-refractivity contribution in [2.75, 3.05) is 19.6 Å². The van der Waals surface area contributed by atoms with Crippen LogP contribution in [0.2, 0.25) is 0 Å². The van der Waals surface area contributed by atoms with Crippen LogP contribution >= 0.6 is 0 Å². The van der Waals surface area contributed by atoms with E-state index in [0.717, 1.165) is 24.3 Å². The molecule has 1 aliphatic rings. The first-order valence-electron chi connectivity index (χ1n) is 5.74. The molecule has 0 spiro atoms. The molecule has 1 aromatic heterocycles. The highest BCUT2D eigenvalue weighted by atomic mass is 16.4. The van der Waals surface area contributed by atoms with Crippen molar-refractivity contribution in [1.29, 1.82) is 0 Å². The maximum absolute atomic E-state index is 11.1. The second kappa shape index (κ2) is 4.85. The number of aryl methyl sites for hydroxylation is 1. The first-order valence-corrected chi connectivity index (χ1v) is 5.74. The van der Waals surface area contributed by atoms with Crippen molar-refractivity contribution in [1.82, 2.24) is 20.0 Å². The number of piperazine rings is 1. The van der Waals surface area contributed by atoms with Gasteiger partial charge in [0.25, 0.3) is 0 Å². The third-order valence-electron chi connectivity index (χ3n) is 3.35. The molecule has 0 aliphatic carbocycles. The minimum Gasteiger partial charge on any atom is -0.480 e. The van der Waals surface area contributed by atoms with Gasteiger partial charge in [-0.2, -0.15) is 5.10 Å². The summed E-state index contributed by atoms with van der Waals surface area (Å²) in [5.41, 5.74) is 2.19. The van der Waals surface area contributed by atoms with E-state index in [2.05, 4.69) is 10.4 Å². The number of hydrogen-bond donors (Lipinski definition) is 2. The predicted molar refractivity (Wildman–Crippen MR) is 62.6 cm³/mol. The molecule has 1 aliphatic heterocycles. The fraction of sp³-hybridized carbons (Fsp3) is 0.636. The van der Waals surface area contributed by atoms with Gasteiger partial charge in [-0.3, -0.25) is 14.4 Å². The fourth-order valence-corrected chi connectivity index (χ4v) is 2.10. The molecule has 0 bridgehead atoms. The zero-order chi connectivity index (χ0) is 12.4. The summed E-state index contributed by atoms with van der Waals surface area (Å²) in [7, 11) is 1.89. The number of hydrogen-bond acceptors (Lipinski definition) is 4. The summed E-state index contributed by atoms with van der Waals surface area (Å²) in [6, 6.07) is -0.441. The average Bonchev–Trinajstić information content (AvgIpc) is 2.61. The molecule has 1 saturated heterocycles. The van der Waals surface area contributed by atoms with E-state index in [0.29, 0.717) is 13.1 Å². The summed E-state index contributed by atoms with van der Waals surface area (Å²) in [5, 5.41) is 16.4. The largest absolute Gasteiger partial charge is 0.480 e. The summed E-state index contributed by atoms with van der Waals surface area (Å²) >= 11 is 0. The fourth-order valence-electron chi connectivity index (χ4n) is 2.10. The molecule has 2 rings (SSSR count). The number of nitrogens with zero attached hydrogens (tertiary/aromatic N) is 3. The van der Waals surface area contributed by atoms with E-state index >= 15 is 0 Å². The van der Waals surface area contributed by atoms with Gasteiger partial charge < -0.3 is 10.4 Å². The molecule has 6 heteroatoms. The Bertz CT molecular complexity index is 416. The SMILES string of the molecule is Cc1c(CN2CCNCC2C(=O)O)cnn1C.